The van der Waals surface area contributed by atoms with Crippen molar-refractivity contribution in [1.82, 2.24) is 15.0 Å². The van der Waals surface area contributed by atoms with Crippen LogP contribution in [0.5, 0.6) is 0 Å². The summed E-state index contributed by atoms with van der Waals surface area (Å²) in [6, 6.07) is 0.264. The standard InChI is InChI=1S/C13H24N4O/c1-9(2)11(14)6-7-17(3)8-12-15-13(18-16-12)10-4-5-10/h9-11H,4-8,14H2,1-3H3. The zero-order valence-corrected chi connectivity index (χ0v) is 11.6. The van der Waals surface area contributed by atoms with E-state index in [4.69, 9.17) is 10.3 Å². The molecule has 1 saturated carbocycles. The zero-order chi connectivity index (χ0) is 13.1. The third-order valence-corrected chi connectivity index (χ3v) is 3.52. The van der Waals surface area contributed by atoms with E-state index >= 15 is 0 Å². The lowest BCUT2D eigenvalue weighted by Gasteiger charge is -2.20. The van der Waals surface area contributed by atoms with Gasteiger partial charge >= 0.3 is 0 Å². The second-order valence-corrected chi connectivity index (χ2v) is 5.76. The van der Waals surface area contributed by atoms with E-state index < -0.39 is 0 Å². The van der Waals surface area contributed by atoms with Crippen molar-refractivity contribution in [1.29, 1.82) is 0 Å². The van der Waals surface area contributed by atoms with Crippen LogP contribution in [-0.2, 0) is 6.54 Å². The van der Waals surface area contributed by atoms with Gasteiger partial charge in [0.15, 0.2) is 5.82 Å². The van der Waals surface area contributed by atoms with Gasteiger partial charge in [-0.05, 0) is 38.8 Å². The van der Waals surface area contributed by atoms with E-state index in [-0.39, 0.29) is 6.04 Å². The van der Waals surface area contributed by atoms with Gasteiger partial charge in [0.1, 0.15) is 0 Å². The summed E-state index contributed by atoms with van der Waals surface area (Å²) in [7, 11) is 2.07. The van der Waals surface area contributed by atoms with Crippen LogP contribution in [0.25, 0.3) is 0 Å². The van der Waals surface area contributed by atoms with Gasteiger partial charge in [-0.2, -0.15) is 4.98 Å². The van der Waals surface area contributed by atoms with E-state index in [1.165, 1.54) is 12.8 Å². The number of nitrogens with two attached hydrogens (primary N) is 1. The van der Waals surface area contributed by atoms with Crippen LogP contribution in [0.3, 0.4) is 0 Å². The molecular weight excluding hydrogens is 228 g/mol. The molecule has 1 aliphatic rings. The molecule has 1 aliphatic carbocycles. The van der Waals surface area contributed by atoms with Gasteiger partial charge in [-0.25, -0.2) is 0 Å². The summed E-state index contributed by atoms with van der Waals surface area (Å²) in [5.74, 6) is 2.67. The number of aromatic nitrogens is 2. The average Bonchev–Trinajstić information content (AvgIpc) is 3.07. The highest BCUT2D eigenvalue weighted by molar-refractivity contribution is 5.01. The monoisotopic (exact) mass is 252 g/mol. The van der Waals surface area contributed by atoms with E-state index in [0.717, 1.165) is 31.2 Å². The molecule has 0 aliphatic heterocycles. The van der Waals surface area contributed by atoms with E-state index in [0.29, 0.717) is 11.8 Å². The van der Waals surface area contributed by atoms with Crippen molar-refractivity contribution in [2.45, 2.75) is 51.6 Å². The Hall–Kier alpha value is -0.940. The molecule has 2 N–H and O–H groups in total. The van der Waals surface area contributed by atoms with Crippen LogP contribution in [0.1, 0.15) is 50.7 Å². The van der Waals surface area contributed by atoms with Crippen molar-refractivity contribution in [3.63, 3.8) is 0 Å². The van der Waals surface area contributed by atoms with E-state index in [9.17, 15) is 0 Å². The van der Waals surface area contributed by atoms with Crippen molar-refractivity contribution in [2.24, 2.45) is 11.7 Å². The first-order chi connectivity index (χ1) is 8.56. The molecule has 0 spiro atoms. The largest absolute Gasteiger partial charge is 0.339 e. The van der Waals surface area contributed by atoms with Gasteiger partial charge in [0.05, 0.1) is 6.54 Å². The Morgan fingerprint density at radius 3 is 2.78 bits per heavy atom. The van der Waals surface area contributed by atoms with Crippen LogP contribution in [0.2, 0.25) is 0 Å². The highest BCUT2D eigenvalue weighted by Crippen LogP contribution is 2.38. The fourth-order valence-corrected chi connectivity index (χ4v) is 1.85. The molecule has 102 valence electrons. The van der Waals surface area contributed by atoms with E-state index in [2.05, 4.69) is 35.9 Å². The Kier molecular flexibility index (Phi) is 4.35. The lowest BCUT2D eigenvalue weighted by Crippen LogP contribution is -2.31. The molecule has 18 heavy (non-hydrogen) atoms. The molecule has 1 fully saturated rings. The Bertz CT molecular complexity index is 373. The SMILES string of the molecule is CC(C)C(N)CCN(C)Cc1noc(C2CC2)n1. The van der Waals surface area contributed by atoms with Crippen LogP contribution < -0.4 is 5.73 Å². The van der Waals surface area contributed by atoms with Crippen molar-refractivity contribution < 1.29 is 4.52 Å². The number of nitrogens with zero attached hydrogens (tertiary/aromatic N) is 3. The van der Waals surface area contributed by atoms with Gasteiger partial charge < -0.3 is 10.3 Å². The van der Waals surface area contributed by atoms with Crippen molar-refractivity contribution in [2.75, 3.05) is 13.6 Å². The highest BCUT2D eigenvalue weighted by atomic mass is 16.5. The maximum atomic E-state index is 6.03. The first-order valence-corrected chi connectivity index (χ1v) is 6.83. The molecule has 0 bridgehead atoms. The van der Waals surface area contributed by atoms with Gasteiger partial charge in [-0.3, -0.25) is 4.90 Å². The van der Waals surface area contributed by atoms with Crippen LogP contribution in [0.4, 0.5) is 0 Å². The molecule has 1 aromatic rings. The number of rotatable bonds is 7. The van der Waals surface area contributed by atoms with Crippen LogP contribution >= 0.6 is 0 Å². The molecule has 1 heterocycles. The minimum atomic E-state index is 0.264. The molecule has 0 aromatic carbocycles. The smallest absolute Gasteiger partial charge is 0.229 e. The van der Waals surface area contributed by atoms with Gasteiger partial charge in [0, 0.05) is 12.0 Å². The second-order valence-electron chi connectivity index (χ2n) is 5.76. The molecular formula is C13H24N4O. The Balaban J connectivity index is 1.74. The third kappa shape index (κ3) is 3.78. The van der Waals surface area contributed by atoms with Crippen molar-refractivity contribution >= 4 is 0 Å². The van der Waals surface area contributed by atoms with Crippen molar-refractivity contribution in [3.8, 4) is 0 Å². The molecule has 5 nitrogen and oxygen atoms in total. The highest BCUT2D eigenvalue weighted by Gasteiger charge is 2.29. The maximum Gasteiger partial charge on any atom is 0.229 e. The van der Waals surface area contributed by atoms with Gasteiger partial charge in [0.25, 0.3) is 0 Å². The molecule has 1 aromatic heterocycles. The minimum absolute atomic E-state index is 0.264. The molecule has 0 amide bonds. The minimum Gasteiger partial charge on any atom is -0.339 e. The predicted molar refractivity (Wildman–Crippen MR) is 70.0 cm³/mol. The molecule has 2 rings (SSSR count). The summed E-state index contributed by atoms with van der Waals surface area (Å²) >= 11 is 0. The third-order valence-electron chi connectivity index (χ3n) is 3.52. The van der Waals surface area contributed by atoms with Gasteiger partial charge in [-0.15, -0.1) is 0 Å². The number of hydrogen-bond donors (Lipinski definition) is 1. The lowest BCUT2D eigenvalue weighted by molar-refractivity contribution is 0.283. The van der Waals surface area contributed by atoms with Crippen LogP contribution in [0, 0.1) is 5.92 Å². The molecule has 5 heteroatoms. The molecule has 1 atom stereocenters. The van der Waals surface area contributed by atoms with Crippen LogP contribution in [0.15, 0.2) is 4.52 Å². The first-order valence-electron chi connectivity index (χ1n) is 6.83. The summed E-state index contributed by atoms with van der Waals surface area (Å²) in [6.45, 7) is 6.02. The summed E-state index contributed by atoms with van der Waals surface area (Å²) in [5.41, 5.74) is 6.03. The number of hydrogen-bond acceptors (Lipinski definition) is 5. The topological polar surface area (TPSA) is 68.2 Å². The zero-order valence-electron chi connectivity index (χ0n) is 11.6. The second kappa shape index (κ2) is 5.80. The fourth-order valence-electron chi connectivity index (χ4n) is 1.85. The molecule has 0 saturated heterocycles. The normalized spacial score (nSPS) is 17.7. The molecule has 0 radical (unpaired) electrons. The Labute approximate surface area is 109 Å². The van der Waals surface area contributed by atoms with Crippen molar-refractivity contribution in [3.05, 3.63) is 11.7 Å². The Morgan fingerprint density at radius 2 is 2.17 bits per heavy atom. The van der Waals surface area contributed by atoms with Gasteiger partial charge in [0.2, 0.25) is 5.89 Å². The van der Waals surface area contributed by atoms with E-state index in [1.54, 1.807) is 0 Å². The summed E-state index contributed by atoms with van der Waals surface area (Å²) in [5, 5.41) is 4.02. The first kappa shape index (κ1) is 13.5. The average molecular weight is 252 g/mol. The quantitative estimate of drug-likeness (QED) is 0.800. The predicted octanol–water partition coefficient (Wildman–Crippen LogP) is 1.75. The molecule has 1 unspecified atom stereocenters. The van der Waals surface area contributed by atoms with E-state index in [1.807, 2.05) is 0 Å². The fraction of sp³-hybridized carbons (Fsp3) is 0.846. The Morgan fingerprint density at radius 1 is 1.44 bits per heavy atom. The van der Waals surface area contributed by atoms with Crippen LogP contribution in [-0.4, -0.2) is 34.7 Å². The van der Waals surface area contributed by atoms with Gasteiger partial charge in [-0.1, -0.05) is 19.0 Å². The maximum absolute atomic E-state index is 6.03. The lowest BCUT2D eigenvalue weighted by atomic mass is 10.0. The summed E-state index contributed by atoms with van der Waals surface area (Å²) < 4.78 is 5.24. The summed E-state index contributed by atoms with van der Waals surface area (Å²) in [6.07, 6.45) is 3.39. The summed E-state index contributed by atoms with van der Waals surface area (Å²) in [4.78, 5) is 6.62.